The van der Waals surface area contributed by atoms with Gasteiger partial charge >= 0.3 is 0 Å². The zero-order valence-electron chi connectivity index (χ0n) is 15.4. The molecule has 2 aliphatic heterocycles. The van der Waals surface area contributed by atoms with Crippen molar-refractivity contribution in [1.82, 2.24) is 9.29 Å². The Hall–Kier alpha value is -2.56. The number of hydrogen-bond donors (Lipinski definition) is 2. The minimum atomic E-state index is -4.14. The van der Waals surface area contributed by atoms with Gasteiger partial charge in [-0.3, -0.25) is 9.59 Å². The first-order valence-corrected chi connectivity index (χ1v) is 10.7. The lowest BCUT2D eigenvalue weighted by molar-refractivity contribution is -0.121. The van der Waals surface area contributed by atoms with Crippen molar-refractivity contribution in [1.29, 1.82) is 0 Å². The number of H-pyrrole nitrogens is 1. The molecule has 2 atom stereocenters. The van der Waals surface area contributed by atoms with Gasteiger partial charge in [-0.15, -0.1) is 0 Å². The molecule has 0 unspecified atom stereocenters. The van der Waals surface area contributed by atoms with E-state index in [1.165, 1.54) is 11.1 Å². The summed E-state index contributed by atoms with van der Waals surface area (Å²) in [6, 6.07) is 4.88. The third-order valence-electron chi connectivity index (χ3n) is 5.32. The zero-order valence-corrected chi connectivity index (χ0v) is 16.2. The van der Waals surface area contributed by atoms with Crippen LogP contribution in [0.5, 0.6) is 0 Å². The predicted molar refractivity (Wildman–Crippen MR) is 102 cm³/mol. The van der Waals surface area contributed by atoms with Crippen LogP contribution in [-0.4, -0.2) is 54.0 Å². The van der Waals surface area contributed by atoms with E-state index in [0.29, 0.717) is 12.8 Å². The number of nitrogens with one attached hydrogen (secondary N) is 1. The highest BCUT2D eigenvalue weighted by molar-refractivity contribution is 7.89. The van der Waals surface area contributed by atoms with Gasteiger partial charge in [0.1, 0.15) is 17.5 Å². The second-order valence-corrected chi connectivity index (χ2v) is 9.10. The first-order valence-electron chi connectivity index (χ1n) is 9.26. The molecule has 1 fully saturated rings. The molecule has 0 radical (unpaired) electrons. The van der Waals surface area contributed by atoms with E-state index in [1.54, 1.807) is 6.07 Å². The number of amides is 1. The SMILES string of the molecule is O=C([C@@H]1C[C@@H](O)CN1S(=O)(=O)c1ccc(F)cc1)N1CCCc2cc[nH]c(=O)c21. The van der Waals surface area contributed by atoms with E-state index in [9.17, 15) is 27.5 Å². The van der Waals surface area contributed by atoms with E-state index in [-0.39, 0.29) is 30.1 Å². The van der Waals surface area contributed by atoms with E-state index in [0.717, 1.165) is 34.1 Å². The lowest BCUT2D eigenvalue weighted by atomic mass is 10.0. The van der Waals surface area contributed by atoms with Crippen LogP contribution < -0.4 is 10.5 Å². The van der Waals surface area contributed by atoms with Crippen LogP contribution in [0.3, 0.4) is 0 Å². The second-order valence-electron chi connectivity index (χ2n) is 7.21. The summed E-state index contributed by atoms with van der Waals surface area (Å²) >= 11 is 0. The Labute approximate surface area is 166 Å². The summed E-state index contributed by atoms with van der Waals surface area (Å²) in [5.74, 6) is -1.13. The zero-order chi connectivity index (χ0) is 20.8. The standard InChI is InChI=1S/C19H20FN3O5S/c20-13-3-5-15(6-4-13)29(27,28)23-11-14(24)10-16(23)19(26)22-9-1-2-12-7-8-21-18(25)17(12)22/h3-8,14,16,24H,1-2,9-11H2,(H,21,25)/t14-,16+/m1/s1. The molecule has 0 aliphatic carbocycles. The Bertz CT molecular complexity index is 1100. The molecular formula is C19H20FN3O5S. The van der Waals surface area contributed by atoms with Crippen molar-refractivity contribution in [3.63, 3.8) is 0 Å². The average molecular weight is 421 g/mol. The Kier molecular flexibility index (Phi) is 5.01. The molecule has 29 heavy (non-hydrogen) atoms. The van der Waals surface area contributed by atoms with E-state index in [4.69, 9.17) is 0 Å². The molecule has 0 spiro atoms. The van der Waals surface area contributed by atoms with Crippen molar-refractivity contribution in [3.8, 4) is 0 Å². The summed E-state index contributed by atoms with van der Waals surface area (Å²) in [6.45, 7) is 0.0396. The number of nitrogens with zero attached hydrogens (tertiary/aromatic N) is 2. The first-order chi connectivity index (χ1) is 13.8. The molecule has 3 heterocycles. The number of rotatable bonds is 3. The summed E-state index contributed by atoms with van der Waals surface area (Å²) in [5, 5.41) is 10.1. The number of hydrogen-bond acceptors (Lipinski definition) is 5. The minimum Gasteiger partial charge on any atom is -0.392 e. The number of halogens is 1. The van der Waals surface area contributed by atoms with E-state index < -0.39 is 39.5 Å². The topological polar surface area (TPSA) is 111 Å². The highest BCUT2D eigenvalue weighted by Gasteiger charge is 2.45. The smallest absolute Gasteiger partial charge is 0.272 e. The third-order valence-corrected chi connectivity index (χ3v) is 7.21. The number of carbonyl (C=O) groups is 1. The van der Waals surface area contributed by atoms with Crippen LogP contribution in [0.4, 0.5) is 10.1 Å². The monoisotopic (exact) mass is 421 g/mol. The number of aliphatic hydroxyl groups excluding tert-OH is 1. The van der Waals surface area contributed by atoms with Gasteiger partial charge in [-0.1, -0.05) is 0 Å². The van der Waals surface area contributed by atoms with E-state index in [2.05, 4.69) is 4.98 Å². The first kappa shape index (κ1) is 19.7. The van der Waals surface area contributed by atoms with Crippen molar-refractivity contribution in [2.24, 2.45) is 0 Å². The molecule has 0 bridgehead atoms. The molecule has 1 aromatic carbocycles. The van der Waals surface area contributed by atoms with Gasteiger partial charge in [0, 0.05) is 25.7 Å². The number of anilines is 1. The minimum absolute atomic E-state index is 0.0736. The average Bonchev–Trinajstić information content (AvgIpc) is 3.10. The Balaban J connectivity index is 1.70. The molecule has 2 aliphatic rings. The van der Waals surface area contributed by atoms with Crippen molar-refractivity contribution in [2.45, 2.75) is 36.3 Å². The fourth-order valence-corrected chi connectivity index (χ4v) is 5.60. The summed E-state index contributed by atoms with van der Waals surface area (Å²) < 4.78 is 40.3. The molecule has 4 rings (SSSR count). The van der Waals surface area contributed by atoms with E-state index >= 15 is 0 Å². The van der Waals surface area contributed by atoms with Gasteiger partial charge in [0.05, 0.1) is 11.0 Å². The number of aryl methyl sites for hydroxylation is 1. The van der Waals surface area contributed by atoms with Gasteiger partial charge in [0.15, 0.2) is 0 Å². The number of carbonyl (C=O) groups excluding carboxylic acids is 1. The fraction of sp³-hybridized carbons (Fsp3) is 0.368. The van der Waals surface area contributed by atoms with Crippen molar-refractivity contribution >= 4 is 21.6 Å². The number of pyridine rings is 1. The third kappa shape index (κ3) is 3.47. The molecule has 2 N–H and O–H groups in total. The van der Waals surface area contributed by atoms with Crippen molar-refractivity contribution < 1.29 is 22.7 Å². The van der Waals surface area contributed by atoms with Crippen LogP contribution >= 0.6 is 0 Å². The van der Waals surface area contributed by atoms with Gasteiger partial charge in [0.25, 0.3) is 5.56 Å². The molecule has 0 saturated carbocycles. The molecule has 10 heteroatoms. The summed E-state index contributed by atoms with van der Waals surface area (Å²) in [4.78, 5) is 29.3. The normalized spacial score (nSPS) is 22.5. The Morgan fingerprint density at radius 1 is 1.21 bits per heavy atom. The highest BCUT2D eigenvalue weighted by atomic mass is 32.2. The number of benzene rings is 1. The Morgan fingerprint density at radius 3 is 2.66 bits per heavy atom. The van der Waals surface area contributed by atoms with Gasteiger partial charge in [-0.25, -0.2) is 12.8 Å². The van der Waals surface area contributed by atoms with Crippen LogP contribution in [0, 0.1) is 5.82 Å². The summed E-state index contributed by atoms with van der Waals surface area (Å²) in [5.41, 5.74) is 0.533. The molecule has 2 aromatic rings. The van der Waals surface area contributed by atoms with Crippen LogP contribution in [0.1, 0.15) is 18.4 Å². The molecule has 154 valence electrons. The highest BCUT2D eigenvalue weighted by Crippen LogP contribution is 2.31. The number of aliphatic hydroxyl groups is 1. The number of β-amino-alcohol motifs (C(OH)–C–C–N with tert-alkyl or cyclic N) is 1. The fourth-order valence-electron chi connectivity index (χ4n) is 3.96. The maximum absolute atomic E-state index is 13.3. The quantitative estimate of drug-likeness (QED) is 0.755. The van der Waals surface area contributed by atoms with Gasteiger partial charge in [-0.05, 0) is 48.7 Å². The Morgan fingerprint density at radius 2 is 1.93 bits per heavy atom. The van der Waals surface area contributed by atoms with Gasteiger partial charge in [0.2, 0.25) is 15.9 Å². The van der Waals surface area contributed by atoms with Crippen molar-refractivity contribution in [3.05, 3.63) is 58.3 Å². The summed E-state index contributed by atoms with van der Waals surface area (Å²) in [7, 11) is -4.14. The largest absolute Gasteiger partial charge is 0.392 e. The lowest BCUT2D eigenvalue weighted by Gasteiger charge is -2.32. The second kappa shape index (κ2) is 7.36. The van der Waals surface area contributed by atoms with Crippen LogP contribution in [0.15, 0.2) is 46.2 Å². The van der Waals surface area contributed by atoms with Crippen molar-refractivity contribution in [2.75, 3.05) is 18.0 Å². The number of aromatic amines is 1. The molecule has 1 saturated heterocycles. The maximum Gasteiger partial charge on any atom is 0.272 e. The molecular weight excluding hydrogens is 401 g/mol. The number of fused-ring (bicyclic) bond motifs is 1. The van der Waals surface area contributed by atoms with Crippen LogP contribution in [0.2, 0.25) is 0 Å². The number of sulfonamides is 1. The molecule has 8 nitrogen and oxygen atoms in total. The maximum atomic E-state index is 13.3. The molecule has 1 aromatic heterocycles. The van der Waals surface area contributed by atoms with Gasteiger partial charge < -0.3 is 15.0 Å². The lowest BCUT2D eigenvalue weighted by Crippen LogP contribution is -2.50. The van der Waals surface area contributed by atoms with Gasteiger partial charge in [-0.2, -0.15) is 4.31 Å². The summed E-state index contributed by atoms with van der Waals surface area (Å²) in [6.07, 6.45) is 1.71. The van der Waals surface area contributed by atoms with Crippen LogP contribution in [0.25, 0.3) is 0 Å². The number of aromatic nitrogens is 1. The predicted octanol–water partition coefficient (Wildman–Crippen LogP) is 0.617. The van der Waals surface area contributed by atoms with Crippen LogP contribution in [-0.2, 0) is 21.2 Å². The molecule has 1 amide bonds. The van der Waals surface area contributed by atoms with E-state index in [1.807, 2.05) is 0 Å².